The second-order valence-electron chi connectivity index (χ2n) is 7.42. The van der Waals surface area contributed by atoms with Crippen molar-refractivity contribution in [2.75, 3.05) is 24.5 Å². The summed E-state index contributed by atoms with van der Waals surface area (Å²) in [5, 5.41) is 13.4. The molecule has 4 aromatic rings. The zero-order valence-electron chi connectivity index (χ0n) is 16.7. The number of hydrogen-bond donors (Lipinski definition) is 1. The normalized spacial score (nSPS) is 17.2. The maximum absolute atomic E-state index is 4.90. The van der Waals surface area contributed by atoms with Crippen molar-refractivity contribution >= 4 is 16.7 Å². The summed E-state index contributed by atoms with van der Waals surface area (Å²) < 4.78 is 3.79. The largest absolute Gasteiger partial charge is 0.354 e. The van der Waals surface area contributed by atoms with Gasteiger partial charge in [0.25, 0.3) is 0 Å². The molecule has 5 rings (SSSR count). The highest BCUT2D eigenvalue weighted by Gasteiger charge is 2.18. The van der Waals surface area contributed by atoms with Gasteiger partial charge in [0, 0.05) is 55.6 Å². The predicted molar refractivity (Wildman–Crippen MR) is 113 cm³/mol. The van der Waals surface area contributed by atoms with Gasteiger partial charge in [0.05, 0.1) is 23.6 Å². The topological polar surface area (TPSA) is 76.7 Å². The van der Waals surface area contributed by atoms with Crippen molar-refractivity contribution in [2.24, 2.45) is 0 Å². The van der Waals surface area contributed by atoms with E-state index in [1.807, 2.05) is 46.3 Å². The number of aryl methyl sites for hydroxylation is 1. The lowest BCUT2D eigenvalue weighted by Crippen LogP contribution is -2.49. The fourth-order valence-electron chi connectivity index (χ4n) is 3.78. The standard InChI is InChI=1S/C21H24N8/c1-3-28-14-17(12-24-28)18-9-19-16(10-23-18)11-25-29(19)21-6-4-5-20(26-21)27-8-7-22-15(2)13-27/h4-6,9-12,14-15,22H,3,7-8,13H2,1-2H3/t15-/m0/s1. The molecule has 8 nitrogen and oxygen atoms in total. The molecular formula is C21H24N8. The van der Waals surface area contributed by atoms with Crippen molar-refractivity contribution < 1.29 is 0 Å². The average Bonchev–Trinajstić information content (AvgIpc) is 3.40. The number of aromatic nitrogens is 6. The SMILES string of the molecule is CCn1cc(-c2cc3c(cn2)cnn3-c2cccc(N3CCN[C@@H](C)C3)n2)cn1. The van der Waals surface area contributed by atoms with E-state index < -0.39 is 0 Å². The van der Waals surface area contributed by atoms with Crippen molar-refractivity contribution in [3.05, 3.63) is 49.1 Å². The van der Waals surface area contributed by atoms with Gasteiger partial charge in [0.1, 0.15) is 5.82 Å². The molecule has 0 radical (unpaired) electrons. The van der Waals surface area contributed by atoms with Crippen LogP contribution in [0.5, 0.6) is 0 Å². The molecule has 29 heavy (non-hydrogen) atoms. The molecule has 1 atom stereocenters. The monoisotopic (exact) mass is 388 g/mol. The molecule has 0 amide bonds. The highest BCUT2D eigenvalue weighted by Crippen LogP contribution is 2.24. The third kappa shape index (κ3) is 3.36. The second-order valence-corrected chi connectivity index (χ2v) is 7.42. The van der Waals surface area contributed by atoms with Crippen LogP contribution in [-0.4, -0.2) is 55.2 Å². The number of rotatable bonds is 4. The van der Waals surface area contributed by atoms with Crippen LogP contribution in [0.1, 0.15) is 13.8 Å². The lowest BCUT2D eigenvalue weighted by Gasteiger charge is -2.32. The number of anilines is 1. The first-order valence-electron chi connectivity index (χ1n) is 10.0. The first-order chi connectivity index (χ1) is 14.2. The second kappa shape index (κ2) is 7.29. The van der Waals surface area contributed by atoms with Gasteiger partial charge >= 0.3 is 0 Å². The number of nitrogens with zero attached hydrogens (tertiary/aromatic N) is 7. The Labute approximate surface area is 169 Å². The van der Waals surface area contributed by atoms with Gasteiger partial charge in [-0.25, -0.2) is 9.67 Å². The van der Waals surface area contributed by atoms with E-state index in [-0.39, 0.29) is 0 Å². The lowest BCUT2D eigenvalue weighted by atomic mass is 10.2. The first-order valence-corrected chi connectivity index (χ1v) is 10.0. The summed E-state index contributed by atoms with van der Waals surface area (Å²) in [6, 6.07) is 8.62. The third-order valence-corrected chi connectivity index (χ3v) is 5.33. The molecule has 1 saturated heterocycles. The number of pyridine rings is 2. The fourth-order valence-corrected chi connectivity index (χ4v) is 3.78. The van der Waals surface area contributed by atoms with Crippen LogP contribution in [0, 0.1) is 0 Å². The van der Waals surface area contributed by atoms with Crippen LogP contribution in [-0.2, 0) is 6.54 Å². The average molecular weight is 388 g/mol. The fraction of sp³-hybridized carbons (Fsp3) is 0.333. The van der Waals surface area contributed by atoms with Crippen LogP contribution in [0.15, 0.2) is 49.1 Å². The van der Waals surface area contributed by atoms with Crippen LogP contribution < -0.4 is 10.2 Å². The molecule has 1 N–H and O–H groups in total. The number of piperazine rings is 1. The molecule has 4 aromatic heterocycles. The molecule has 0 saturated carbocycles. The molecule has 0 bridgehead atoms. The Morgan fingerprint density at radius 1 is 1.14 bits per heavy atom. The molecule has 0 aliphatic carbocycles. The van der Waals surface area contributed by atoms with E-state index in [0.717, 1.165) is 60.0 Å². The van der Waals surface area contributed by atoms with Crippen LogP contribution in [0.25, 0.3) is 28.0 Å². The smallest absolute Gasteiger partial charge is 0.156 e. The molecular weight excluding hydrogens is 364 g/mol. The Kier molecular flexibility index (Phi) is 4.48. The highest BCUT2D eigenvalue weighted by molar-refractivity contribution is 5.83. The third-order valence-electron chi connectivity index (χ3n) is 5.33. The molecule has 0 aromatic carbocycles. The Bertz CT molecular complexity index is 1140. The van der Waals surface area contributed by atoms with Crippen molar-refractivity contribution in [3.63, 3.8) is 0 Å². The number of hydrogen-bond acceptors (Lipinski definition) is 6. The maximum atomic E-state index is 4.90. The zero-order chi connectivity index (χ0) is 19.8. The van der Waals surface area contributed by atoms with Crippen LogP contribution in [0.3, 0.4) is 0 Å². The van der Waals surface area contributed by atoms with E-state index >= 15 is 0 Å². The van der Waals surface area contributed by atoms with Gasteiger partial charge in [0.15, 0.2) is 5.82 Å². The van der Waals surface area contributed by atoms with E-state index in [9.17, 15) is 0 Å². The van der Waals surface area contributed by atoms with Gasteiger partial charge in [-0.2, -0.15) is 10.2 Å². The molecule has 148 valence electrons. The predicted octanol–water partition coefficient (Wildman–Crippen LogP) is 2.50. The number of nitrogens with one attached hydrogen (secondary N) is 1. The molecule has 5 heterocycles. The summed E-state index contributed by atoms with van der Waals surface area (Å²) in [5.74, 6) is 1.79. The van der Waals surface area contributed by atoms with Crippen molar-refractivity contribution in [1.82, 2.24) is 34.8 Å². The molecule has 1 aliphatic rings. The van der Waals surface area contributed by atoms with Crippen LogP contribution in [0.4, 0.5) is 5.82 Å². The minimum absolute atomic E-state index is 0.456. The molecule has 0 spiro atoms. The van der Waals surface area contributed by atoms with Crippen molar-refractivity contribution in [3.8, 4) is 17.1 Å². The van der Waals surface area contributed by atoms with Gasteiger partial charge in [-0.1, -0.05) is 6.07 Å². The van der Waals surface area contributed by atoms with Crippen molar-refractivity contribution in [2.45, 2.75) is 26.4 Å². The number of fused-ring (bicyclic) bond motifs is 1. The zero-order valence-corrected chi connectivity index (χ0v) is 16.7. The molecule has 1 aliphatic heterocycles. The summed E-state index contributed by atoms with van der Waals surface area (Å²) in [5.41, 5.74) is 2.86. The maximum Gasteiger partial charge on any atom is 0.156 e. The molecule has 8 heteroatoms. The van der Waals surface area contributed by atoms with Gasteiger partial charge in [-0.15, -0.1) is 0 Å². The van der Waals surface area contributed by atoms with Crippen LogP contribution >= 0.6 is 0 Å². The Balaban J connectivity index is 1.53. The van der Waals surface area contributed by atoms with E-state index in [1.54, 1.807) is 0 Å². The Morgan fingerprint density at radius 3 is 2.86 bits per heavy atom. The summed E-state index contributed by atoms with van der Waals surface area (Å²) in [7, 11) is 0. The van der Waals surface area contributed by atoms with E-state index in [1.165, 1.54) is 0 Å². The first kappa shape index (κ1) is 17.8. The quantitative estimate of drug-likeness (QED) is 0.579. The van der Waals surface area contributed by atoms with E-state index in [2.05, 4.69) is 51.4 Å². The van der Waals surface area contributed by atoms with Crippen molar-refractivity contribution in [1.29, 1.82) is 0 Å². The summed E-state index contributed by atoms with van der Waals surface area (Å²) in [4.78, 5) is 11.8. The van der Waals surface area contributed by atoms with Gasteiger partial charge in [0.2, 0.25) is 0 Å². The Morgan fingerprint density at radius 2 is 2.03 bits per heavy atom. The minimum atomic E-state index is 0.456. The van der Waals surface area contributed by atoms with Gasteiger partial charge < -0.3 is 10.2 Å². The van der Waals surface area contributed by atoms with E-state index in [4.69, 9.17) is 4.98 Å². The van der Waals surface area contributed by atoms with E-state index in [0.29, 0.717) is 6.04 Å². The van der Waals surface area contributed by atoms with Gasteiger partial charge in [-0.3, -0.25) is 9.67 Å². The summed E-state index contributed by atoms with van der Waals surface area (Å²) >= 11 is 0. The molecule has 0 unspecified atom stereocenters. The summed E-state index contributed by atoms with van der Waals surface area (Å²) in [6.07, 6.45) is 7.56. The van der Waals surface area contributed by atoms with Crippen LogP contribution in [0.2, 0.25) is 0 Å². The molecule has 1 fully saturated rings. The highest BCUT2D eigenvalue weighted by atomic mass is 15.3. The Hall–Kier alpha value is -3.26. The minimum Gasteiger partial charge on any atom is -0.354 e. The lowest BCUT2D eigenvalue weighted by molar-refractivity contribution is 0.482. The van der Waals surface area contributed by atoms with Gasteiger partial charge in [-0.05, 0) is 32.0 Å². The summed E-state index contributed by atoms with van der Waals surface area (Å²) in [6.45, 7) is 7.98.